The minimum Gasteiger partial charge on any atom is -0.308 e. The van der Waals surface area contributed by atoms with Crippen LogP contribution in [0.5, 0.6) is 0 Å². The second kappa shape index (κ2) is 8.57. The van der Waals surface area contributed by atoms with E-state index in [1.165, 1.54) is 28.6 Å². The van der Waals surface area contributed by atoms with E-state index in [0.29, 0.717) is 24.0 Å². The van der Waals surface area contributed by atoms with Crippen LogP contribution in [0.1, 0.15) is 35.9 Å². The second-order valence-electron chi connectivity index (χ2n) is 6.51. The molecule has 1 N–H and O–H groups in total. The Hall–Kier alpha value is -3.35. The summed E-state index contributed by atoms with van der Waals surface area (Å²) in [6, 6.07) is 13.9. The van der Waals surface area contributed by atoms with Gasteiger partial charge in [0.2, 0.25) is 10.0 Å². The lowest BCUT2D eigenvalue weighted by Gasteiger charge is -2.18. The molecule has 1 heterocycles. The number of carbonyl (C=O) groups is 1. The van der Waals surface area contributed by atoms with Crippen LogP contribution in [0, 0.1) is 11.3 Å². The van der Waals surface area contributed by atoms with Crippen molar-refractivity contribution in [3.05, 3.63) is 70.3 Å². The highest BCUT2D eigenvalue weighted by Gasteiger charge is 2.26. The molecule has 0 amide bonds. The van der Waals surface area contributed by atoms with Crippen molar-refractivity contribution < 1.29 is 13.2 Å². The van der Waals surface area contributed by atoms with Gasteiger partial charge < -0.3 is 4.98 Å². The maximum absolute atomic E-state index is 12.9. The summed E-state index contributed by atoms with van der Waals surface area (Å²) in [7, 11) is -3.65. The maximum atomic E-state index is 12.9. The van der Waals surface area contributed by atoms with Crippen molar-refractivity contribution in [3.8, 4) is 6.07 Å². The standard InChI is InChI=1S/C21H20N4O4S/c1-3-25(4-2)30(28,29)15-11-9-14(10-12-15)19(26)17(13-22)20-23-18-8-6-5-7-16(18)21(27)24-20/h5-12,17H,3-4H2,1-2H3,(H,23,24,27). The van der Waals surface area contributed by atoms with Crippen LogP contribution < -0.4 is 5.56 Å². The Morgan fingerprint density at radius 1 is 1.13 bits per heavy atom. The fourth-order valence-corrected chi connectivity index (χ4v) is 4.61. The Morgan fingerprint density at radius 2 is 1.77 bits per heavy atom. The largest absolute Gasteiger partial charge is 0.308 e. The number of nitriles is 1. The zero-order chi connectivity index (χ0) is 21.9. The van der Waals surface area contributed by atoms with Crippen LogP contribution in [-0.4, -0.2) is 41.6 Å². The number of fused-ring (bicyclic) bond motifs is 1. The highest BCUT2D eigenvalue weighted by Crippen LogP contribution is 2.21. The van der Waals surface area contributed by atoms with Gasteiger partial charge in [0.1, 0.15) is 5.82 Å². The first-order valence-corrected chi connectivity index (χ1v) is 10.8. The Kier molecular flexibility index (Phi) is 6.10. The van der Waals surface area contributed by atoms with Gasteiger partial charge in [0, 0.05) is 18.7 Å². The molecule has 0 aliphatic heterocycles. The molecule has 8 nitrogen and oxygen atoms in total. The molecule has 1 unspecified atom stereocenters. The second-order valence-corrected chi connectivity index (χ2v) is 8.45. The van der Waals surface area contributed by atoms with Crippen molar-refractivity contribution in [2.75, 3.05) is 13.1 Å². The number of nitrogens with one attached hydrogen (secondary N) is 1. The first-order chi connectivity index (χ1) is 14.3. The van der Waals surface area contributed by atoms with E-state index in [1.54, 1.807) is 38.1 Å². The summed E-state index contributed by atoms with van der Waals surface area (Å²) in [4.78, 5) is 32.0. The number of rotatable bonds is 7. The molecule has 0 bridgehead atoms. The molecule has 0 saturated heterocycles. The average molecular weight is 424 g/mol. The fourth-order valence-electron chi connectivity index (χ4n) is 3.16. The van der Waals surface area contributed by atoms with Crippen LogP contribution >= 0.6 is 0 Å². The van der Waals surface area contributed by atoms with Crippen LogP contribution in [-0.2, 0) is 10.0 Å². The predicted octanol–water partition coefficient (Wildman–Crippen LogP) is 2.44. The minimum absolute atomic E-state index is 0.0500. The zero-order valence-electron chi connectivity index (χ0n) is 16.5. The molecule has 0 spiro atoms. The van der Waals surface area contributed by atoms with E-state index in [2.05, 4.69) is 9.97 Å². The van der Waals surface area contributed by atoms with Gasteiger partial charge in [-0.2, -0.15) is 9.57 Å². The van der Waals surface area contributed by atoms with Gasteiger partial charge in [-0.3, -0.25) is 9.59 Å². The summed E-state index contributed by atoms with van der Waals surface area (Å²) in [5, 5.41) is 9.92. The maximum Gasteiger partial charge on any atom is 0.258 e. The van der Waals surface area contributed by atoms with Crippen LogP contribution in [0.15, 0.2) is 58.2 Å². The van der Waals surface area contributed by atoms with E-state index in [-0.39, 0.29) is 16.3 Å². The molecule has 0 radical (unpaired) electrons. The quantitative estimate of drug-likeness (QED) is 0.581. The summed E-state index contributed by atoms with van der Waals surface area (Å²) >= 11 is 0. The molecule has 154 valence electrons. The number of aromatic nitrogens is 2. The van der Waals surface area contributed by atoms with E-state index >= 15 is 0 Å². The van der Waals surface area contributed by atoms with Gasteiger partial charge in [-0.25, -0.2) is 13.4 Å². The molecule has 30 heavy (non-hydrogen) atoms. The van der Waals surface area contributed by atoms with Gasteiger partial charge in [-0.15, -0.1) is 0 Å². The van der Waals surface area contributed by atoms with Gasteiger partial charge in [0.15, 0.2) is 11.7 Å². The Bertz CT molecular complexity index is 1290. The van der Waals surface area contributed by atoms with Crippen molar-refractivity contribution >= 4 is 26.7 Å². The fraction of sp³-hybridized carbons (Fsp3) is 0.238. The molecular weight excluding hydrogens is 404 g/mol. The monoisotopic (exact) mass is 424 g/mol. The van der Waals surface area contributed by atoms with E-state index < -0.39 is 27.3 Å². The molecule has 3 aromatic rings. The summed E-state index contributed by atoms with van der Waals surface area (Å²) < 4.78 is 26.5. The van der Waals surface area contributed by atoms with Gasteiger partial charge in [-0.05, 0) is 24.3 Å². The van der Waals surface area contributed by atoms with Crippen LogP contribution in [0.25, 0.3) is 10.9 Å². The Morgan fingerprint density at radius 3 is 2.37 bits per heavy atom. The predicted molar refractivity (Wildman–Crippen MR) is 112 cm³/mol. The van der Waals surface area contributed by atoms with E-state index in [1.807, 2.05) is 6.07 Å². The summed E-state index contributed by atoms with van der Waals surface area (Å²) in [6.45, 7) is 4.15. The molecule has 0 aliphatic rings. The third-order valence-corrected chi connectivity index (χ3v) is 6.84. The van der Waals surface area contributed by atoms with E-state index in [9.17, 15) is 23.3 Å². The summed E-state index contributed by atoms with van der Waals surface area (Å²) in [5.41, 5.74) is 0.0881. The normalized spacial score (nSPS) is 12.6. The summed E-state index contributed by atoms with van der Waals surface area (Å²) in [5.74, 6) is -1.96. The smallest absolute Gasteiger partial charge is 0.258 e. The molecule has 9 heteroatoms. The van der Waals surface area contributed by atoms with Crippen LogP contribution in [0.3, 0.4) is 0 Å². The number of sulfonamides is 1. The topological polar surface area (TPSA) is 124 Å². The molecule has 0 saturated carbocycles. The number of para-hydroxylation sites is 1. The molecule has 0 aliphatic carbocycles. The Balaban J connectivity index is 1.96. The van der Waals surface area contributed by atoms with Gasteiger partial charge >= 0.3 is 0 Å². The Labute approximate surface area is 173 Å². The first-order valence-electron chi connectivity index (χ1n) is 9.36. The zero-order valence-corrected chi connectivity index (χ0v) is 17.3. The number of hydrogen-bond donors (Lipinski definition) is 1. The van der Waals surface area contributed by atoms with Crippen molar-refractivity contribution in [1.82, 2.24) is 14.3 Å². The molecule has 3 rings (SSSR count). The lowest BCUT2D eigenvalue weighted by molar-refractivity contribution is 0.0976. The molecule has 2 aromatic carbocycles. The highest BCUT2D eigenvalue weighted by atomic mass is 32.2. The molecule has 1 aromatic heterocycles. The minimum atomic E-state index is -3.65. The number of carbonyl (C=O) groups excluding carboxylic acids is 1. The lowest BCUT2D eigenvalue weighted by atomic mass is 9.98. The van der Waals surface area contributed by atoms with E-state index in [4.69, 9.17) is 0 Å². The number of aromatic amines is 1. The SMILES string of the molecule is CCN(CC)S(=O)(=O)c1ccc(C(=O)C(C#N)c2nc3ccccc3c(=O)[nH]2)cc1. The van der Waals surface area contributed by atoms with E-state index in [0.717, 1.165) is 0 Å². The molecule has 0 fully saturated rings. The summed E-state index contributed by atoms with van der Waals surface area (Å²) in [6.07, 6.45) is 0. The van der Waals surface area contributed by atoms with Crippen molar-refractivity contribution in [2.24, 2.45) is 0 Å². The van der Waals surface area contributed by atoms with Crippen LogP contribution in [0.4, 0.5) is 0 Å². The number of benzene rings is 2. The number of ketones is 1. The highest BCUT2D eigenvalue weighted by molar-refractivity contribution is 7.89. The third-order valence-electron chi connectivity index (χ3n) is 4.78. The van der Waals surface area contributed by atoms with Gasteiger partial charge in [0.05, 0.1) is 21.9 Å². The molecule has 1 atom stereocenters. The number of hydrogen-bond acceptors (Lipinski definition) is 6. The van der Waals surface area contributed by atoms with Crippen molar-refractivity contribution in [2.45, 2.75) is 24.7 Å². The lowest BCUT2D eigenvalue weighted by Crippen LogP contribution is -2.30. The van der Waals surface area contributed by atoms with Gasteiger partial charge in [-0.1, -0.05) is 38.1 Å². The van der Waals surface area contributed by atoms with Gasteiger partial charge in [0.25, 0.3) is 5.56 Å². The van der Waals surface area contributed by atoms with Crippen LogP contribution in [0.2, 0.25) is 0 Å². The third kappa shape index (κ3) is 3.87. The first kappa shape index (κ1) is 21.4. The average Bonchev–Trinajstić information content (AvgIpc) is 2.75. The number of nitrogens with zero attached hydrogens (tertiary/aromatic N) is 3. The number of H-pyrrole nitrogens is 1. The molecular formula is C21H20N4O4S. The number of Topliss-reactive ketones (excluding diaryl/α,β-unsaturated/α-hetero) is 1. The van der Waals surface area contributed by atoms with Crippen molar-refractivity contribution in [1.29, 1.82) is 5.26 Å². The van der Waals surface area contributed by atoms with Crippen molar-refractivity contribution in [3.63, 3.8) is 0 Å².